The summed E-state index contributed by atoms with van der Waals surface area (Å²) in [6.45, 7) is 0. The molecule has 1 aliphatic heterocycles. The number of Topliss-reactive ketones (excluding diaryl/α,β-unsaturated/α-hetero) is 1. The highest BCUT2D eigenvalue weighted by Crippen LogP contribution is 2.45. The second-order valence-electron chi connectivity index (χ2n) is 8.50. The number of ketones is 1. The number of nitrogens with one attached hydrogen (secondary N) is 1. The first-order valence-corrected chi connectivity index (χ1v) is 11.0. The van der Waals surface area contributed by atoms with Crippen molar-refractivity contribution in [3.63, 3.8) is 0 Å². The zero-order valence-electron chi connectivity index (χ0n) is 18.6. The van der Waals surface area contributed by atoms with Gasteiger partial charge in [0.1, 0.15) is 11.5 Å². The van der Waals surface area contributed by atoms with Gasteiger partial charge in [-0.1, -0.05) is 30.3 Å². The van der Waals surface area contributed by atoms with Crippen LogP contribution in [0, 0.1) is 5.92 Å². The molecule has 2 aliphatic rings. The molecule has 3 unspecified atom stereocenters. The van der Waals surface area contributed by atoms with Crippen LogP contribution in [0.3, 0.4) is 0 Å². The lowest BCUT2D eigenvalue weighted by atomic mass is 9.72. The predicted octanol–water partition coefficient (Wildman–Crippen LogP) is 5.41. The third-order valence-electron chi connectivity index (χ3n) is 6.57. The fraction of sp³-hybridized carbons (Fsp3) is 0.259. The molecule has 0 saturated heterocycles. The maximum Gasteiger partial charge on any atom is 0.160 e. The zero-order valence-corrected chi connectivity index (χ0v) is 18.6. The summed E-state index contributed by atoms with van der Waals surface area (Å²) in [5, 5.41) is 13.9. The smallest absolute Gasteiger partial charge is 0.160 e. The second kappa shape index (κ2) is 8.62. The summed E-state index contributed by atoms with van der Waals surface area (Å²) in [5.74, 6) is 1.03. The second-order valence-corrected chi connectivity index (χ2v) is 8.50. The van der Waals surface area contributed by atoms with E-state index in [0.717, 1.165) is 34.0 Å². The number of anilines is 1. The molecule has 3 aromatic carbocycles. The van der Waals surface area contributed by atoms with E-state index in [1.807, 2.05) is 54.6 Å². The van der Waals surface area contributed by atoms with Crippen LogP contribution >= 0.6 is 0 Å². The van der Waals surface area contributed by atoms with Gasteiger partial charge in [-0.3, -0.25) is 9.79 Å². The highest BCUT2D eigenvalue weighted by atomic mass is 16.5. The Morgan fingerprint density at radius 3 is 2.42 bits per heavy atom. The molecule has 0 aromatic heterocycles. The molecule has 0 radical (unpaired) electrons. The SMILES string of the molecule is COc1ccc(C2CC(=O)C3C(=Nc4ccccc4NC3c3ccc(OC)c(O)c3)C2)cc1. The number of para-hydroxylation sites is 2. The molecule has 6 heteroatoms. The first-order valence-electron chi connectivity index (χ1n) is 11.0. The van der Waals surface area contributed by atoms with Crippen LogP contribution in [0.5, 0.6) is 17.2 Å². The van der Waals surface area contributed by atoms with E-state index in [9.17, 15) is 9.90 Å². The van der Waals surface area contributed by atoms with E-state index in [4.69, 9.17) is 14.5 Å². The van der Waals surface area contributed by atoms with Gasteiger partial charge in [0.15, 0.2) is 11.5 Å². The number of carbonyl (C=O) groups is 1. The lowest BCUT2D eigenvalue weighted by Gasteiger charge is -2.34. The lowest BCUT2D eigenvalue weighted by molar-refractivity contribution is -0.122. The number of carbonyl (C=O) groups excluding carboxylic acids is 1. The number of hydrogen-bond acceptors (Lipinski definition) is 6. The molecule has 168 valence electrons. The van der Waals surface area contributed by atoms with Crippen LogP contribution in [-0.4, -0.2) is 30.8 Å². The van der Waals surface area contributed by atoms with Crippen LogP contribution in [0.4, 0.5) is 11.4 Å². The van der Waals surface area contributed by atoms with E-state index in [0.29, 0.717) is 18.6 Å². The van der Waals surface area contributed by atoms with Crippen LogP contribution in [0.25, 0.3) is 0 Å². The Morgan fingerprint density at radius 1 is 0.939 bits per heavy atom. The Morgan fingerprint density at radius 2 is 1.70 bits per heavy atom. The highest BCUT2D eigenvalue weighted by molar-refractivity contribution is 6.10. The summed E-state index contributed by atoms with van der Waals surface area (Å²) in [6.07, 6.45) is 1.13. The number of ether oxygens (including phenoxy) is 2. The molecule has 0 spiro atoms. The Labute approximate surface area is 192 Å². The van der Waals surface area contributed by atoms with Gasteiger partial charge in [-0.05, 0) is 59.9 Å². The summed E-state index contributed by atoms with van der Waals surface area (Å²) >= 11 is 0. The van der Waals surface area contributed by atoms with Gasteiger partial charge in [0.2, 0.25) is 0 Å². The van der Waals surface area contributed by atoms with Crippen LogP contribution in [0.1, 0.15) is 35.9 Å². The van der Waals surface area contributed by atoms with Gasteiger partial charge in [0.25, 0.3) is 0 Å². The average Bonchev–Trinajstić information content (AvgIpc) is 3.01. The Balaban J connectivity index is 1.56. The van der Waals surface area contributed by atoms with Gasteiger partial charge in [0, 0.05) is 12.1 Å². The number of methoxy groups -OCH3 is 2. The minimum absolute atomic E-state index is 0.0483. The Kier molecular flexibility index (Phi) is 5.50. The van der Waals surface area contributed by atoms with Gasteiger partial charge < -0.3 is 19.9 Å². The van der Waals surface area contributed by atoms with E-state index in [-0.39, 0.29) is 23.5 Å². The maximum atomic E-state index is 13.6. The van der Waals surface area contributed by atoms with E-state index in [1.165, 1.54) is 7.11 Å². The van der Waals surface area contributed by atoms with Crippen LogP contribution in [-0.2, 0) is 4.79 Å². The van der Waals surface area contributed by atoms with E-state index < -0.39 is 5.92 Å². The molecule has 1 aliphatic carbocycles. The van der Waals surface area contributed by atoms with Crippen molar-refractivity contribution in [2.24, 2.45) is 10.9 Å². The molecule has 3 atom stereocenters. The molecule has 1 fully saturated rings. The number of aromatic hydroxyl groups is 1. The molecular formula is C27H26N2O4. The number of hydrogen-bond donors (Lipinski definition) is 2. The monoisotopic (exact) mass is 442 g/mol. The number of benzene rings is 3. The first-order chi connectivity index (χ1) is 16.1. The van der Waals surface area contributed by atoms with Crippen molar-refractivity contribution in [2.45, 2.75) is 24.8 Å². The Hall–Kier alpha value is -3.80. The molecule has 1 heterocycles. The number of aliphatic imine (C=N–C) groups is 1. The van der Waals surface area contributed by atoms with Gasteiger partial charge >= 0.3 is 0 Å². The van der Waals surface area contributed by atoms with Crippen molar-refractivity contribution >= 4 is 22.9 Å². The molecule has 3 aromatic rings. The quantitative estimate of drug-likeness (QED) is 0.565. The minimum atomic E-state index is -0.417. The van der Waals surface area contributed by atoms with Crippen molar-refractivity contribution < 1.29 is 19.4 Å². The molecule has 2 N–H and O–H groups in total. The van der Waals surface area contributed by atoms with Crippen molar-refractivity contribution in [1.82, 2.24) is 0 Å². The zero-order chi connectivity index (χ0) is 22.9. The fourth-order valence-corrected chi connectivity index (χ4v) is 4.89. The molecular weight excluding hydrogens is 416 g/mol. The lowest BCUT2D eigenvalue weighted by Crippen LogP contribution is -2.38. The number of fused-ring (bicyclic) bond motifs is 2. The third-order valence-corrected chi connectivity index (χ3v) is 6.57. The largest absolute Gasteiger partial charge is 0.504 e. The number of phenols is 1. The molecule has 1 saturated carbocycles. The van der Waals surface area contributed by atoms with E-state index in [1.54, 1.807) is 19.2 Å². The molecule has 5 rings (SSSR count). The summed E-state index contributed by atoms with van der Waals surface area (Å²) in [4.78, 5) is 18.6. The highest BCUT2D eigenvalue weighted by Gasteiger charge is 2.41. The van der Waals surface area contributed by atoms with Gasteiger partial charge in [0.05, 0.1) is 37.6 Å². The molecule has 33 heavy (non-hydrogen) atoms. The standard InChI is InChI=1S/C27H26N2O4/c1-32-19-10-7-16(8-11-19)18-13-22-26(24(31)15-18)27(17-9-12-25(33-2)23(30)14-17)29-21-6-4-3-5-20(21)28-22/h3-12,14,18,26-27,29-30H,13,15H2,1-2H3. The van der Waals surface area contributed by atoms with Crippen molar-refractivity contribution in [2.75, 3.05) is 19.5 Å². The van der Waals surface area contributed by atoms with E-state index >= 15 is 0 Å². The Bertz CT molecular complexity index is 1220. The maximum absolute atomic E-state index is 13.6. The first kappa shape index (κ1) is 21.1. The normalized spacial score (nSPS) is 21.7. The topological polar surface area (TPSA) is 80.2 Å². The van der Waals surface area contributed by atoms with E-state index in [2.05, 4.69) is 5.32 Å². The summed E-state index contributed by atoms with van der Waals surface area (Å²) < 4.78 is 10.5. The van der Waals surface area contributed by atoms with Crippen molar-refractivity contribution in [3.8, 4) is 17.2 Å². The predicted molar refractivity (Wildman–Crippen MR) is 128 cm³/mol. The number of rotatable bonds is 4. The third kappa shape index (κ3) is 3.93. The minimum Gasteiger partial charge on any atom is -0.504 e. The number of nitrogens with zero attached hydrogens (tertiary/aromatic N) is 1. The summed E-state index contributed by atoms with van der Waals surface area (Å²) in [5.41, 5.74) is 4.48. The fourth-order valence-electron chi connectivity index (χ4n) is 4.89. The molecule has 0 bridgehead atoms. The van der Waals surface area contributed by atoms with Crippen LogP contribution in [0.2, 0.25) is 0 Å². The van der Waals surface area contributed by atoms with Gasteiger partial charge in [-0.2, -0.15) is 0 Å². The van der Waals surface area contributed by atoms with Gasteiger partial charge in [-0.15, -0.1) is 0 Å². The molecule has 6 nitrogen and oxygen atoms in total. The average molecular weight is 443 g/mol. The van der Waals surface area contributed by atoms with Crippen LogP contribution < -0.4 is 14.8 Å². The van der Waals surface area contributed by atoms with Crippen molar-refractivity contribution in [3.05, 3.63) is 77.9 Å². The molecule has 0 amide bonds. The van der Waals surface area contributed by atoms with Crippen LogP contribution in [0.15, 0.2) is 71.7 Å². The summed E-state index contributed by atoms with van der Waals surface area (Å²) in [6, 6.07) is 20.7. The summed E-state index contributed by atoms with van der Waals surface area (Å²) in [7, 11) is 3.16. The van der Waals surface area contributed by atoms with Gasteiger partial charge in [-0.25, -0.2) is 0 Å². The van der Waals surface area contributed by atoms with Crippen molar-refractivity contribution in [1.29, 1.82) is 0 Å². The number of phenolic OH excluding ortho intramolecular Hbond substituents is 1.